The summed E-state index contributed by atoms with van der Waals surface area (Å²) in [6.45, 7) is 1.90. The van der Waals surface area contributed by atoms with Crippen LogP contribution in [0.5, 0.6) is 17.2 Å². The molecule has 218 valence electrons. The van der Waals surface area contributed by atoms with Gasteiger partial charge in [0.25, 0.3) is 5.91 Å². The Kier molecular flexibility index (Phi) is 8.24. The minimum absolute atomic E-state index is 0.0208. The van der Waals surface area contributed by atoms with E-state index in [4.69, 9.17) is 14.2 Å². The van der Waals surface area contributed by atoms with Crippen molar-refractivity contribution in [2.75, 3.05) is 45.6 Å². The van der Waals surface area contributed by atoms with Crippen LogP contribution in [0.25, 0.3) is 0 Å². The fourth-order valence-corrected chi connectivity index (χ4v) is 5.85. The van der Waals surface area contributed by atoms with Crippen LogP contribution in [0.1, 0.15) is 42.7 Å². The second-order valence-electron chi connectivity index (χ2n) is 10.8. The average molecular weight is 568 g/mol. The molecule has 8 heteroatoms. The maximum absolute atomic E-state index is 14.0. The molecule has 0 saturated carbocycles. The van der Waals surface area contributed by atoms with Gasteiger partial charge in [0.05, 0.1) is 21.3 Å². The van der Waals surface area contributed by atoms with Crippen LogP contribution >= 0.6 is 0 Å². The summed E-state index contributed by atoms with van der Waals surface area (Å²) in [4.78, 5) is 29.9. The monoisotopic (exact) mass is 567 g/mol. The number of anilines is 2. The number of allylic oxidation sites excluding steroid dienone is 3. The quantitative estimate of drug-likeness (QED) is 0.357. The smallest absolute Gasteiger partial charge is 0.254 e. The van der Waals surface area contributed by atoms with Gasteiger partial charge >= 0.3 is 0 Å². The third kappa shape index (κ3) is 5.57. The van der Waals surface area contributed by atoms with Gasteiger partial charge in [0.15, 0.2) is 17.3 Å². The van der Waals surface area contributed by atoms with E-state index < -0.39 is 5.92 Å². The summed E-state index contributed by atoms with van der Waals surface area (Å²) in [5.41, 5.74) is 6.34. The summed E-state index contributed by atoms with van der Waals surface area (Å²) in [5, 5.41) is 6.49. The molecule has 1 amide bonds. The molecule has 3 aromatic carbocycles. The van der Waals surface area contributed by atoms with Crippen LogP contribution in [0.4, 0.5) is 11.4 Å². The molecular formula is C34H37N3O5. The number of dihydropyridines is 1. The number of hydrogen-bond donors (Lipinski definition) is 2. The lowest BCUT2D eigenvalue weighted by Gasteiger charge is -2.37. The summed E-state index contributed by atoms with van der Waals surface area (Å²) < 4.78 is 16.2. The molecule has 0 unspecified atom stereocenters. The number of carbonyl (C=O) groups is 2. The number of carbonyl (C=O) groups excluding carboxylic acids is 2. The molecule has 2 aliphatic rings. The number of nitrogens with one attached hydrogen (secondary N) is 2. The van der Waals surface area contributed by atoms with Gasteiger partial charge in [-0.05, 0) is 78.9 Å². The summed E-state index contributed by atoms with van der Waals surface area (Å²) in [6, 6.07) is 21.1. The van der Waals surface area contributed by atoms with Crippen LogP contribution in [-0.2, 0) is 9.59 Å². The molecule has 3 aromatic rings. The number of amides is 1. The predicted octanol–water partition coefficient (Wildman–Crippen LogP) is 5.78. The highest BCUT2D eigenvalue weighted by atomic mass is 16.5. The first-order chi connectivity index (χ1) is 20.2. The number of nitrogens with zero attached hydrogens (tertiary/aromatic N) is 1. The number of Topliss-reactive ketones (excluding diaryl/α,β-unsaturated/α-hetero) is 1. The van der Waals surface area contributed by atoms with Crippen molar-refractivity contribution < 1.29 is 23.8 Å². The van der Waals surface area contributed by atoms with Crippen molar-refractivity contribution in [1.82, 2.24) is 5.32 Å². The van der Waals surface area contributed by atoms with Gasteiger partial charge in [0.1, 0.15) is 5.75 Å². The number of hydrogen-bond acceptors (Lipinski definition) is 7. The van der Waals surface area contributed by atoms with E-state index in [1.807, 2.05) is 68.4 Å². The number of rotatable bonds is 8. The first-order valence-corrected chi connectivity index (χ1v) is 13.9. The van der Waals surface area contributed by atoms with Crippen molar-refractivity contribution >= 4 is 23.1 Å². The maximum Gasteiger partial charge on any atom is 0.254 e. The zero-order chi connectivity index (χ0) is 30.0. The largest absolute Gasteiger partial charge is 0.497 e. The average Bonchev–Trinajstić information content (AvgIpc) is 3.00. The fourth-order valence-electron chi connectivity index (χ4n) is 5.85. The Morgan fingerprint density at radius 2 is 1.52 bits per heavy atom. The second-order valence-corrected chi connectivity index (χ2v) is 10.8. The van der Waals surface area contributed by atoms with Crippen molar-refractivity contribution in [1.29, 1.82) is 0 Å². The number of ketones is 1. The Balaban J connectivity index is 1.53. The second kappa shape index (κ2) is 12.0. The third-order valence-electron chi connectivity index (χ3n) is 8.04. The molecule has 0 spiro atoms. The SMILES string of the molecule is COc1ccc(NC(=O)C2=C(C)NC3=C(C(=O)C[C@@H](c4ccc(OC)c(OC)c4)C3)[C@H]2c2ccc(N(C)C)cc2)cc1. The van der Waals surface area contributed by atoms with Crippen molar-refractivity contribution in [3.05, 3.63) is 100 Å². The van der Waals surface area contributed by atoms with E-state index in [9.17, 15) is 9.59 Å². The Morgan fingerprint density at radius 3 is 2.14 bits per heavy atom. The zero-order valence-electron chi connectivity index (χ0n) is 24.9. The summed E-state index contributed by atoms with van der Waals surface area (Å²) in [7, 11) is 8.78. The van der Waals surface area contributed by atoms with Gasteiger partial charge in [-0.2, -0.15) is 0 Å². The minimum atomic E-state index is -0.505. The van der Waals surface area contributed by atoms with Crippen LogP contribution in [0, 0.1) is 0 Å². The van der Waals surface area contributed by atoms with Crippen molar-refractivity contribution in [2.24, 2.45) is 0 Å². The minimum Gasteiger partial charge on any atom is -0.497 e. The molecule has 0 bridgehead atoms. The molecule has 42 heavy (non-hydrogen) atoms. The van der Waals surface area contributed by atoms with E-state index in [1.165, 1.54) is 0 Å². The lowest BCUT2D eigenvalue weighted by molar-refractivity contribution is -0.116. The first-order valence-electron chi connectivity index (χ1n) is 13.9. The summed E-state index contributed by atoms with van der Waals surface area (Å²) in [5.74, 6) is 1.20. The highest BCUT2D eigenvalue weighted by Crippen LogP contribution is 2.46. The van der Waals surface area contributed by atoms with Crippen molar-refractivity contribution in [3.8, 4) is 17.2 Å². The number of methoxy groups -OCH3 is 3. The maximum atomic E-state index is 14.0. The zero-order valence-corrected chi connectivity index (χ0v) is 24.9. The molecule has 1 aliphatic heterocycles. The Labute approximate surface area is 247 Å². The van der Waals surface area contributed by atoms with Gasteiger partial charge in [-0.1, -0.05) is 18.2 Å². The van der Waals surface area contributed by atoms with Gasteiger partial charge in [-0.25, -0.2) is 0 Å². The Bertz CT molecular complexity index is 1550. The molecule has 2 atom stereocenters. The van der Waals surface area contributed by atoms with Gasteiger partial charge in [-0.3, -0.25) is 9.59 Å². The van der Waals surface area contributed by atoms with E-state index in [0.717, 1.165) is 28.2 Å². The van der Waals surface area contributed by atoms with Gasteiger partial charge < -0.3 is 29.7 Å². The predicted molar refractivity (Wildman–Crippen MR) is 165 cm³/mol. The molecule has 1 aliphatic carbocycles. The third-order valence-corrected chi connectivity index (χ3v) is 8.04. The molecule has 0 radical (unpaired) electrons. The van der Waals surface area contributed by atoms with Crippen LogP contribution in [-0.4, -0.2) is 47.1 Å². The van der Waals surface area contributed by atoms with Crippen molar-refractivity contribution in [3.63, 3.8) is 0 Å². The molecule has 0 saturated heterocycles. The van der Waals surface area contributed by atoms with Crippen LogP contribution in [0.15, 0.2) is 89.3 Å². The summed E-state index contributed by atoms with van der Waals surface area (Å²) in [6.07, 6.45) is 0.961. The first kappa shape index (κ1) is 28.8. The van der Waals surface area contributed by atoms with Gasteiger partial charge in [0, 0.05) is 60.3 Å². The molecule has 5 rings (SSSR count). The molecular weight excluding hydrogens is 530 g/mol. The highest BCUT2D eigenvalue weighted by Gasteiger charge is 2.41. The summed E-state index contributed by atoms with van der Waals surface area (Å²) >= 11 is 0. The lowest BCUT2D eigenvalue weighted by atomic mass is 9.71. The fraction of sp³-hybridized carbons (Fsp3) is 0.294. The van der Waals surface area contributed by atoms with Gasteiger partial charge in [0.2, 0.25) is 0 Å². The molecule has 0 fully saturated rings. The Hall–Kier alpha value is -4.72. The van der Waals surface area contributed by atoms with Crippen molar-refractivity contribution in [2.45, 2.75) is 31.6 Å². The van der Waals surface area contributed by atoms with E-state index in [-0.39, 0.29) is 17.6 Å². The van der Waals surface area contributed by atoms with Crippen LogP contribution in [0.3, 0.4) is 0 Å². The van der Waals surface area contributed by atoms with E-state index in [0.29, 0.717) is 46.9 Å². The molecule has 1 heterocycles. The van der Waals surface area contributed by atoms with Gasteiger partial charge in [-0.15, -0.1) is 0 Å². The lowest BCUT2D eigenvalue weighted by Crippen LogP contribution is -2.37. The number of benzene rings is 3. The molecule has 0 aromatic heterocycles. The highest BCUT2D eigenvalue weighted by molar-refractivity contribution is 6.10. The van der Waals surface area contributed by atoms with Crippen LogP contribution in [0.2, 0.25) is 0 Å². The van der Waals surface area contributed by atoms with E-state index in [1.54, 1.807) is 45.6 Å². The molecule has 8 nitrogen and oxygen atoms in total. The topological polar surface area (TPSA) is 89.1 Å². The molecule has 2 N–H and O–H groups in total. The standard InChI is InChI=1S/C34H37N3O5/c1-20-31(34(39)36-24-10-14-26(40-4)15-11-24)32(21-7-12-25(13-8-21)37(2)3)33-27(35-20)17-23(18-28(33)38)22-9-16-29(41-5)30(19-22)42-6/h7-16,19,23,32,35H,17-18H2,1-6H3,(H,36,39)/t23-,32-/m0/s1. The number of ether oxygens (including phenoxy) is 3. The normalized spacial score (nSPS) is 18.2. The van der Waals surface area contributed by atoms with E-state index >= 15 is 0 Å². The van der Waals surface area contributed by atoms with Crippen LogP contribution < -0.4 is 29.7 Å². The van der Waals surface area contributed by atoms with E-state index in [2.05, 4.69) is 10.6 Å². The Morgan fingerprint density at radius 1 is 0.857 bits per heavy atom.